The smallest absolute Gasteiger partial charge is 0.332 e. The number of phenolic OH excluding ortho intramolecular Hbond substituents is 1. The van der Waals surface area contributed by atoms with Crippen molar-refractivity contribution in [3.05, 3.63) is 23.3 Å². The number of nitrogens with one attached hydrogen (secondary N) is 1. The van der Waals surface area contributed by atoms with Gasteiger partial charge in [0.2, 0.25) is 0 Å². The van der Waals surface area contributed by atoms with Crippen LogP contribution in [0.1, 0.15) is 11.1 Å². The fraction of sp³-hybridized carbons (Fsp3) is 0.200. The first kappa shape index (κ1) is 11.8. The molecule has 4 N–H and O–H groups in total. The van der Waals surface area contributed by atoms with Crippen LogP contribution in [0.25, 0.3) is 0 Å². The maximum Gasteiger partial charge on any atom is 0.332 e. The second kappa shape index (κ2) is 5.01. The van der Waals surface area contributed by atoms with Crippen molar-refractivity contribution in [3.63, 3.8) is 0 Å². The van der Waals surface area contributed by atoms with E-state index < -0.39 is 6.03 Å². The minimum atomic E-state index is -0.769. The number of carbonyl (C=O) groups is 1. The Hall–Kier alpha value is -2.24. The molecule has 0 radical (unpaired) electrons. The standard InChI is InChI=1S/C10H13N3O3/c1-6-3-8(14)7(4-9(6)16-2)5-12-13-10(11)15/h3-5,14H,1-2H3,(H3,11,13,15). The number of aromatic hydroxyl groups is 1. The van der Waals surface area contributed by atoms with Crippen molar-refractivity contribution in [2.45, 2.75) is 6.92 Å². The van der Waals surface area contributed by atoms with E-state index in [0.717, 1.165) is 5.56 Å². The van der Waals surface area contributed by atoms with Gasteiger partial charge in [-0.05, 0) is 24.6 Å². The van der Waals surface area contributed by atoms with Gasteiger partial charge in [0, 0.05) is 5.56 Å². The zero-order valence-corrected chi connectivity index (χ0v) is 9.02. The lowest BCUT2D eigenvalue weighted by Crippen LogP contribution is -2.24. The third-order valence-corrected chi connectivity index (χ3v) is 1.92. The van der Waals surface area contributed by atoms with Crippen molar-refractivity contribution in [1.82, 2.24) is 5.43 Å². The van der Waals surface area contributed by atoms with Crippen molar-refractivity contribution < 1.29 is 14.6 Å². The first-order chi connectivity index (χ1) is 7.54. The molecule has 0 saturated heterocycles. The summed E-state index contributed by atoms with van der Waals surface area (Å²) in [6.45, 7) is 1.81. The average molecular weight is 223 g/mol. The summed E-state index contributed by atoms with van der Waals surface area (Å²) in [4.78, 5) is 10.4. The van der Waals surface area contributed by atoms with E-state index in [-0.39, 0.29) is 5.75 Å². The van der Waals surface area contributed by atoms with Gasteiger partial charge in [0.1, 0.15) is 11.5 Å². The van der Waals surface area contributed by atoms with Crippen LogP contribution in [0.3, 0.4) is 0 Å². The number of carbonyl (C=O) groups excluding carboxylic acids is 1. The molecule has 0 unspecified atom stereocenters. The van der Waals surface area contributed by atoms with Crippen LogP contribution in [0, 0.1) is 6.92 Å². The summed E-state index contributed by atoms with van der Waals surface area (Å²) in [6.07, 6.45) is 1.28. The van der Waals surface area contributed by atoms with Gasteiger partial charge in [-0.25, -0.2) is 10.2 Å². The highest BCUT2D eigenvalue weighted by Crippen LogP contribution is 2.25. The molecule has 1 rings (SSSR count). The Kier molecular flexibility index (Phi) is 3.71. The van der Waals surface area contributed by atoms with Crippen LogP contribution in [0.4, 0.5) is 4.79 Å². The Morgan fingerprint density at radius 1 is 1.62 bits per heavy atom. The topological polar surface area (TPSA) is 96.9 Å². The van der Waals surface area contributed by atoms with Gasteiger partial charge in [0.25, 0.3) is 0 Å². The Morgan fingerprint density at radius 2 is 2.31 bits per heavy atom. The van der Waals surface area contributed by atoms with Gasteiger partial charge in [-0.3, -0.25) is 0 Å². The Labute approximate surface area is 92.7 Å². The number of rotatable bonds is 3. The predicted molar refractivity (Wildman–Crippen MR) is 59.7 cm³/mol. The first-order valence-corrected chi connectivity index (χ1v) is 4.50. The number of ether oxygens (including phenoxy) is 1. The van der Waals surface area contributed by atoms with Gasteiger partial charge in [0.15, 0.2) is 0 Å². The predicted octanol–water partition coefficient (Wildman–Crippen LogP) is 0.711. The van der Waals surface area contributed by atoms with Crippen LogP contribution in [-0.2, 0) is 0 Å². The SMILES string of the molecule is COc1cc(C=NNC(N)=O)c(O)cc1C. The van der Waals surface area contributed by atoms with Crippen LogP contribution in [0.15, 0.2) is 17.2 Å². The number of phenols is 1. The van der Waals surface area contributed by atoms with Crippen molar-refractivity contribution in [1.29, 1.82) is 0 Å². The van der Waals surface area contributed by atoms with Gasteiger partial charge < -0.3 is 15.6 Å². The summed E-state index contributed by atoms with van der Waals surface area (Å²) in [5, 5.41) is 13.1. The number of hydrogen-bond donors (Lipinski definition) is 3. The molecular formula is C10H13N3O3. The summed E-state index contributed by atoms with van der Waals surface area (Å²) in [5.41, 5.74) is 8.09. The summed E-state index contributed by atoms with van der Waals surface area (Å²) >= 11 is 0. The molecular weight excluding hydrogens is 210 g/mol. The van der Waals surface area contributed by atoms with Gasteiger partial charge in [-0.2, -0.15) is 5.10 Å². The molecule has 0 spiro atoms. The zero-order chi connectivity index (χ0) is 12.1. The van der Waals surface area contributed by atoms with E-state index in [1.165, 1.54) is 13.3 Å². The zero-order valence-electron chi connectivity index (χ0n) is 9.02. The molecule has 0 aliphatic carbocycles. The van der Waals surface area contributed by atoms with Crippen molar-refractivity contribution in [3.8, 4) is 11.5 Å². The molecule has 1 aromatic carbocycles. The van der Waals surface area contributed by atoms with E-state index in [9.17, 15) is 9.90 Å². The average Bonchev–Trinajstić information content (AvgIpc) is 2.20. The minimum Gasteiger partial charge on any atom is -0.507 e. The monoisotopic (exact) mass is 223 g/mol. The summed E-state index contributed by atoms with van der Waals surface area (Å²) < 4.78 is 5.08. The van der Waals surface area contributed by atoms with Crippen LogP contribution in [0.5, 0.6) is 11.5 Å². The number of methoxy groups -OCH3 is 1. The number of amides is 2. The van der Waals surface area contributed by atoms with E-state index in [1.54, 1.807) is 19.1 Å². The highest BCUT2D eigenvalue weighted by atomic mass is 16.5. The number of urea groups is 1. The molecule has 0 aliphatic heterocycles. The van der Waals surface area contributed by atoms with Crippen LogP contribution in [0.2, 0.25) is 0 Å². The number of aryl methyl sites for hydroxylation is 1. The molecule has 0 atom stereocenters. The molecule has 1 aromatic rings. The lowest BCUT2D eigenvalue weighted by atomic mass is 10.1. The lowest BCUT2D eigenvalue weighted by molar-refractivity contribution is 0.249. The molecule has 0 aromatic heterocycles. The highest BCUT2D eigenvalue weighted by Gasteiger charge is 2.05. The molecule has 0 fully saturated rings. The second-order valence-corrected chi connectivity index (χ2v) is 3.11. The fourth-order valence-electron chi connectivity index (χ4n) is 1.18. The molecule has 6 heteroatoms. The third-order valence-electron chi connectivity index (χ3n) is 1.92. The fourth-order valence-corrected chi connectivity index (χ4v) is 1.18. The maximum absolute atomic E-state index is 10.4. The van der Waals surface area contributed by atoms with E-state index in [0.29, 0.717) is 11.3 Å². The van der Waals surface area contributed by atoms with E-state index >= 15 is 0 Å². The van der Waals surface area contributed by atoms with Crippen molar-refractivity contribution in [2.75, 3.05) is 7.11 Å². The van der Waals surface area contributed by atoms with Gasteiger partial charge in [-0.1, -0.05) is 0 Å². The maximum atomic E-state index is 10.4. The Morgan fingerprint density at radius 3 is 2.88 bits per heavy atom. The van der Waals surface area contributed by atoms with Crippen LogP contribution in [-0.4, -0.2) is 24.5 Å². The number of benzene rings is 1. The van der Waals surface area contributed by atoms with Gasteiger partial charge in [-0.15, -0.1) is 0 Å². The van der Waals surface area contributed by atoms with E-state index in [4.69, 9.17) is 10.5 Å². The quantitative estimate of drug-likeness (QED) is 0.520. The van der Waals surface area contributed by atoms with Crippen molar-refractivity contribution >= 4 is 12.2 Å². The third kappa shape index (κ3) is 2.88. The van der Waals surface area contributed by atoms with Gasteiger partial charge in [0.05, 0.1) is 13.3 Å². The molecule has 0 saturated carbocycles. The summed E-state index contributed by atoms with van der Waals surface area (Å²) in [6, 6.07) is 2.39. The Balaban J connectivity index is 2.95. The van der Waals surface area contributed by atoms with Crippen LogP contribution >= 0.6 is 0 Å². The number of hydrazone groups is 1. The summed E-state index contributed by atoms with van der Waals surface area (Å²) in [5.74, 6) is 0.673. The van der Waals surface area contributed by atoms with E-state index in [2.05, 4.69) is 5.10 Å². The second-order valence-electron chi connectivity index (χ2n) is 3.11. The number of nitrogens with two attached hydrogens (primary N) is 1. The lowest BCUT2D eigenvalue weighted by Gasteiger charge is -2.07. The van der Waals surface area contributed by atoms with Gasteiger partial charge >= 0.3 is 6.03 Å². The normalized spacial score (nSPS) is 10.4. The first-order valence-electron chi connectivity index (χ1n) is 4.50. The number of primary amides is 1. The Bertz CT molecular complexity index is 430. The summed E-state index contributed by atoms with van der Waals surface area (Å²) in [7, 11) is 1.53. The molecule has 6 nitrogen and oxygen atoms in total. The molecule has 2 amide bonds. The molecule has 16 heavy (non-hydrogen) atoms. The molecule has 0 bridgehead atoms. The molecule has 0 heterocycles. The molecule has 0 aliphatic rings. The van der Waals surface area contributed by atoms with Crippen LogP contribution < -0.4 is 15.9 Å². The van der Waals surface area contributed by atoms with E-state index in [1.807, 2.05) is 5.43 Å². The van der Waals surface area contributed by atoms with Crippen molar-refractivity contribution in [2.24, 2.45) is 10.8 Å². The largest absolute Gasteiger partial charge is 0.507 e. The molecule has 86 valence electrons. The number of nitrogens with zero attached hydrogens (tertiary/aromatic N) is 1. The minimum absolute atomic E-state index is 0.0494. The number of hydrogen-bond acceptors (Lipinski definition) is 4. The highest BCUT2D eigenvalue weighted by molar-refractivity contribution is 5.85.